The molecule has 1 N–H and O–H groups in total. The first-order valence-corrected chi connectivity index (χ1v) is 9.93. The molecule has 1 aliphatic heterocycles. The van der Waals surface area contributed by atoms with Crippen LogP contribution in [0.2, 0.25) is 0 Å². The van der Waals surface area contributed by atoms with Gasteiger partial charge in [0.15, 0.2) is 15.8 Å². The Hall–Kier alpha value is -1.71. The number of benzene rings is 1. The minimum atomic E-state index is -0.119. The molecule has 1 amide bonds. The van der Waals surface area contributed by atoms with E-state index < -0.39 is 0 Å². The van der Waals surface area contributed by atoms with Gasteiger partial charge in [0, 0.05) is 10.6 Å². The van der Waals surface area contributed by atoms with Crippen molar-refractivity contribution >= 4 is 45.9 Å². The molecule has 0 unspecified atom stereocenters. The lowest BCUT2D eigenvalue weighted by Crippen LogP contribution is -2.15. The Bertz CT molecular complexity index is 736. The van der Waals surface area contributed by atoms with E-state index in [0.717, 1.165) is 26.5 Å². The van der Waals surface area contributed by atoms with Crippen LogP contribution >= 0.6 is 34.9 Å². The molecule has 1 aromatic heterocycles. The van der Waals surface area contributed by atoms with Gasteiger partial charge in [0.2, 0.25) is 11.0 Å². The third kappa shape index (κ3) is 4.65. The standard InChI is InChI=1S/C15H15N3O3S3/c1-2-7-22-15-18-17-14(24-15)16-13(19)9-23-10-3-4-11-12(8-10)21-6-5-20-11/h2-4,8H,1,5-7,9H2,(H,16,17,19). The van der Waals surface area contributed by atoms with Crippen molar-refractivity contribution < 1.29 is 14.3 Å². The predicted octanol–water partition coefficient (Wildman–Crippen LogP) is 3.32. The summed E-state index contributed by atoms with van der Waals surface area (Å²) in [5.74, 6) is 2.40. The zero-order chi connectivity index (χ0) is 16.8. The number of nitrogens with one attached hydrogen (secondary N) is 1. The summed E-state index contributed by atoms with van der Waals surface area (Å²) in [7, 11) is 0. The van der Waals surface area contributed by atoms with Crippen molar-refractivity contribution in [2.45, 2.75) is 9.24 Å². The van der Waals surface area contributed by atoms with Gasteiger partial charge >= 0.3 is 0 Å². The fraction of sp³-hybridized carbons (Fsp3) is 0.267. The molecule has 0 saturated carbocycles. The monoisotopic (exact) mass is 381 g/mol. The van der Waals surface area contributed by atoms with E-state index in [1.54, 1.807) is 6.08 Å². The van der Waals surface area contributed by atoms with Crippen LogP contribution < -0.4 is 14.8 Å². The van der Waals surface area contributed by atoms with Crippen LogP contribution in [-0.2, 0) is 4.79 Å². The third-order valence-electron chi connectivity index (χ3n) is 2.86. The number of thioether (sulfide) groups is 2. The van der Waals surface area contributed by atoms with Gasteiger partial charge in [-0.05, 0) is 18.2 Å². The van der Waals surface area contributed by atoms with E-state index in [4.69, 9.17) is 9.47 Å². The number of carbonyl (C=O) groups excluding carboxylic acids is 1. The molecule has 0 saturated heterocycles. The van der Waals surface area contributed by atoms with Gasteiger partial charge < -0.3 is 9.47 Å². The molecular formula is C15H15N3O3S3. The minimum absolute atomic E-state index is 0.119. The number of hydrogen-bond donors (Lipinski definition) is 1. The Morgan fingerprint density at radius 1 is 1.29 bits per heavy atom. The Morgan fingerprint density at radius 2 is 2.12 bits per heavy atom. The van der Waals surface area contributed by atoms with Crippen LogP contribution in [0.4, 0.5) is 5.13 Å². The molecular weight excluding hydrogens is 366 g/mol. The van der Waals surface area contributed by atoms with Gasteiger partial charge in [-0.25, -0.2) is 0 Å². The first kappa shape index (κ1) is 17.1. The minimum Gasteiger partial charge on any atom is -0.486 e. The van der Waals surface area contributed by atoms with Crippen LogP contribution in [0, 0.1) is 0 Å². The van der Waals surface area contributed by atoms with Crippen LogP contribution in [0.3, 0.4) is 0 Å². The van der Waals surface area contributed by atoms with Gasteiger partial charge in [-0.3, -0.25) is 10.1 Å². The van der Waals surface area contributed by atoms with Crippen LogP contribution in [0.25, 0.3) is 0 Å². The van der Waals surface area contributed by atoms with Crippen molar-refractivity contribution in [3.63, 3.8) is 0 Å². The number of amides is 1. The van der Waals surface area contributed by atoms with Crippen LogP contribution in [0.5, 0.6) is 11.5 Å². The van der Waals surface area contributed by atoms with Crippen LogP contribution in [-0.4, -0.2) is 40.8 Å². The second-order valence-electron chi connectivity index (χ2n) is 4.62. The van der Waals surface area contributed by atoms with Gasteiger partial charge in [-0.1, -0.05) is 29.2 Å². The Kier molecular flexibility index (Phi) is 6.00. The van der Waals surface area contributed by atoms with E-state index >= 15 is 0 Å². The Balaban J connectivity index is 1.50. The van der Waals surface area contributed by atoms with Crippen molar-refractivity contribution in [2.24, 2.45) is 0 Å². The SMILES string of the molecule is C=CCSc1nnc(NC(=O)CSc2ccc3c(c2)OCCO3)s1. The molecule has 9 heteroatoms. The van der Waals surface area contributed by atoms with Crippen LogP contribution in [0.1, 0.15) is 0 Å². The maximum absolute atomic E-state index is 12.0. The highest BCUT2D eigenvalue weighted by molar-refractivity contribution is 8.01. The summed E-state index contributed by atoms with van der Waals surface area (Å²) in [6.45, 7) is 4.77. The molecule has 126 valence electrons. The lowest BCUT2D eigenvalue weighted by atomic mass is 10.3. The third-order valence-corrected chi connectivity index (χ3v) is 5.82. The van der Waals surface area contributed by atoms with Gasteiger partial charge in [0.1, 0.15) is 13.2 Å². The summed E-state index contributed by atoms with van der Waals surface area (Å²) in [6.07, 6.45) is 1.80. The molecule has 0 radical (unpaired) electrons. The highest BCUT2D eigenvalue weighted by Crippen LogP contribution is 2.34. The molecule has 0 aliphatic carbocycles. The second kappa shape index (κ2) is 8.41. The van der Waals surface area contributed by atoms with Gasteiger partial charge in [0.05, 0.1) is 5.75 Å². The largest absolute Gasteiger partial charge is 0.486 e. The van der Waals surface area contributed by atoms with E-state index in [2.05, 4.69) is 22.1 Å². The van der Waals surface area contributed by atoms with Gasteiger partial charge in [-0.2, -0.15) is 0 Å². The molecule has 3 rings (SSSR count). The van der Waals surface area contributed by atoms with Crippen molar-refractivity contribution in [3.8, 4) is 11.5 Å². The van der Waals surface area contributed by atoms with E-state index in [-0.39, 0.29) is 11.7 Å². The smallest absolute Gasteiger partial charge is 0.236 e. The molecule has 6 nitrogen and oxygen atoms in total. The summed E-state index contributed by atoms with van der Waals surface area (Å²) in [6, 6.07) is 5.67. The zero-order valence-corrected chi connectivity index (χ0v) is 15.1. The molecule has 2 heterocycles. The van der Waals surface area contributed by atoms with E-state index in [9.17, 15) is 4.79 Å². The fourth-order valence-corrected chi connectivity index (χ4v) is 4.12. The average Bonchev–Trinajstić information content (AvgIpc) is 3.05. The summed E-state index contributed by atoms with van der Waals surface area (Å²) in [5, 5.41) is 11.2. The maximum Gasteiger partial charge on any atom is 0.236 e. The molecule has 0 fully saturated rings. The normalized spacial score (nSPS) is 12.7. The second-order valence-corrected chi connectivity index (χ2v) is 7.91. The highest BCUT2D eigenvalue weighted by atomic mass is 32.2. The van der Waals surface area contributed by atoms with Crippen molar-refractivity contribution in [1.82, 2.24) is 10.2 Å². The van der Waals surface area contributed by atoms with E-state index in [1.807, 2.05) is 18.2 Å². The summed E-state index contributed by atoms with van der Waals surface area (Å²) in [5.41, 5.74) is 0. The lowest BCUT2D eigenvalue weighted by molar-refractivity contribution is -0.113. The Labute approximate surface area is 152 Å². The summed E-state index contributed by atoms with van der Waals surface area (Å²) >= 11 is 4.32. The topological polar surface area (TPSA) is 73.3 Å². The van der Waals surface area contributed by atoms with E-state index in [1.165, 1.54) is 34.9 Å². The molecule has 24 heavy (non-hydrogen) atoms. The Morgan fingerprint density at radius 3 is 2.96 bits per heavy atom. The summed E-state index contributed by atoms with van der Waals surface area (Å²) in [4.78, 5) is 13.0. The first-order valence-electron chi connectivity index (χ1n) is 7.14. The maximum atomic E-state index is 12.0. The molecule has 2 aromatic rings. The molecule has 0 spiro atoms. The average molecular weight is 382 g/mol. The lowest BCUT2D eigenvalue weighted by Gasteiger charge is -2.18. The highest BCUT2D eigenvalue weighted by Gasteiger charge is 2.13. The van der Waals surface area contributed by atoms with Crippen molar-refractivity contribution in [3.05, 3.63) is 30.9 Å². The van der Waals surface area contributed by atoms with Gasteiger partial charge in [0.25, 0.3) is 0 Å². The van der Waals surface area contributed by atoms with Crippen LogP contribution in [0.15, 0.2) is 40.1 Å². The van der Waals surface area contributed by atoms with Gasteiger partial charge in [-0.15, -0.1) is 28.5 Å². The van der Waals surface area contributed by atoms with E-state index in [0.29, 0.717) is 18.3 Å². The van der Waals surface area contributed by atoms with Crippen molar-refractivity contribution in [1.29, 1.82) is 0 Å². The number of aromatic nitrogens is 2. The number of hydrogen-bond acceptors (Lipinski definition) is 8. The number of fused-ring (bicyclic) bond motifs is 1. The quantitative estimate of drug-likeness (QED) is 0.448. The number of carbonyl (C=O) groups is 1. The first-order chi connectivity index (χ1) is 11.7. The predicted molar refractivity (Wildman–Crippen MR) is 97.6 cm³/mol. The number of nitrogens with zero attached hydrogens (tertiary/aromatic N) is 2. The van der Waals surface area contributed by atoms with Crippen molar-refractivity contribution in [2.75, 3.05) is 30.0 Å². The number of anilines is 1. The molecule has 0 bridgehead atoms. The number of rotatable bonds is 7. The summed E-state index contributed by atoms with van der Waals surface area (Å²) < 4.78 is 11.8. The molecule has 1 aromatic carbocycles. The molecule has 0 atom stereocenters. The molecule has 1 aliphatic rings. The fourth-order valence-electron chi connectivity index (χ4n) is 1.87. The number of ether oxygens (including phenoxy) is 2. The zero-order valence-electron chi connectivity index (χ0n) is 12.7.